The van der Waals surface area contributed by atoms with E-state index in [1.165, 1.54) is 6.07 Å². The lowest BCUT2D eigenvalue weighted by atomic mass is 10.2. The van der Waals surface area contributed by atoms with Gasteiger partial charge in [0.15, 0.2) is 11.5 Å². The standard InChI is InChI=1S/C7H8O2.C2H2O4/c1-5-3-2-4-6(8)7(5)9;3-1(4)2(5)6/h2-4,8-9H,1H3;(H,3,4)(H,5,6). The number of aromatic hydroxyl groups is 2. The Bertz CT molecular complexity index is 339. The Balaban J connectivity index is 0.000000288. The molecule has 0 fully saturated rings. The summed E-state index contributed by atoms with van der Waals surface area (Å²) < 4.78 is 0. The van der Waals surface area contributed by atoms with Crippen molar-refractivity contribution in [3.05, 3.63) is 23.8 Å². The van der Waals surface area contributed by atoms with E-state index in [-0.39, 0.29) is 11.5 Å². The SMILES string of the molecule is Cc1cccc(O)c1O.O=C(O)C(=O)O. The number of rotatable bonds is 0. The van der Waals surface area contributed by atoms with Gasteiger partial charge in [-0.05, 0) is 18.6 Å². The maximum Gasteiger partial charge on any atom is 0.414 e. The molecule has 0 aliphatic carbocycles. The van der Waals surface area contributed by atoms with E-state index in [2.05, 4.69) is 0 Å². The van der Waals surface area contributed by atoms with Gasteiger partial charge in [0.2, 0.25) is 0 Å². The van der Waals surface area contributed by atoms with E-state index >= 15 is 0 Å². The zero-order chi connectivity index (χ0) is 12.0. The number of carboxylic acid groups (broad SMARTS) is 2. The maximum absolute atomic E-state index is 9.10. The maximum atomic E-state index is 9.10. The van der Waals surface area contributed by atoms with Crippen LogP contribution in [0.25, 0.3) is 0 Å². The zero-order valence-corrected chi connectivity index (χ0v) is 7.84. The van der Waals surface area contributed by atoms with Crippen LogP contribution >= 0.6 is 0 Å². The Morgan fingerprint density at radius 3 is 1.80 bits per heavy atom. The first-order valence-corrected chi connectivity index (χ1v) is 3.80. The van der Waals surface area contributed by atoms with Crippen molar-refractivity contribution in [3.8, 4) is 11.5 Å². The number of aryl methyl sites for hydroxylation is 1. The summed E-state index contributed by atoms with van der Waals surface area (Å²) >= 11 is 0. The third-order valence-corrected chi connectivity index (χ3v) is 1.40. The quantitative estimate of drug-likeness (QED) is 0.370. The number of phenols is 2. The molecule has 0 atom stereocenters. The number of hydrogen-bond donors (Lipinski definition) is 4. The number of benzene rings is 1. The second-order valence-corrected chi connectivity index (χ2v) is 2.55. The average molecular weight is 214 g/mol. The Morgan fingerprint density at radius 1 is 1.07 bits per heavy atom. The van der Waals surface area contributed by atoms with Crippen molar-refractivity contribution >= 4 is 11.9 Å². The van der Waals surface area contributed by atoms with Gasteiger partial charge in [-0.1, -0.05) is 12.1 Å². The molecule has 4 N–H and O–H groups in total. The highest BCUT2D eigenvalue weighted by atomic mass is 16.4. The molecule has 0 saturated heterocycles. The summed E-state index contributed by atoms with van der Waals surface area (Å²) in [5, 5.41) is 32.6. The Morgan fingerprint density at radius 2 is 1.53 bits per heavy atom. The van der Waals surface area contributed by atoms with Crippen molar-refractivity contribution in [1.29, 1.82) is 0 Å². The van der Waals surface area contributed by atoms with Crippen molar-refractivity contribution in [2.45, 2.75) is 6.92 Å². The molecule has 0 amide bonds. The number of carboxylic acids is 2. The molecule has 0 aliphatic rings. The molecule has 0 spiro atoms. The molecule has 0 aliphatic heterocycles. The first-order chi connectivity index (χ1) is 6.86. The lowest BCUT2D eigenvalue weighted by molar-refractivity contribution is -0.159. The molecule has 1 aromatic carbocycles. The van der Waals surface area contributed by atoms with Crippen molar-refractivity contribution < 1.29 is 30.0 Å². The minimum atomic E-state index is -1.82. The second kappa shape index (κ2) is 5.48. The summed E-state index contributed by atoms with van der Waals surface area (Å²) in [7, 11) is 0. The van der Waals surface area contributed by atoms with Crippen molar-refractivity contribution in [1.82, 2.24) is 0 Å². The predicted molar refractivity (Wildman–Crippen MR) is 49.8 cm³/mol. The van der Waals surface area contributed by atoms with Crippen LogP contribution in [0, 0.1) is 6.92 Å². The van der Waals surface area contributed by atoms with Gasteiger partial charge in [-0.15, -0.1) is 0 Å². The lowest BCUT2D eigenvalue weighted by Crippen LogP contribution is -2.09. The van der Waals surface area contributed by atoms with E-state index in [4.69, 9.17) is 30.0 Å². The molecule has 6 nitrogen and oxygen atoms in total. The van der Waals surface area contributed by atoms with Crippen molar-refractivity contribution in [2.75, 3.05) is 0 Å². The largest absolute Gasteiger partial charge is 0.504 e. The van der Waals surface area contributed by atoms with E-state index < -0.39 is 11.9 Å². The van der Waals surface area contributed by atoms with Gasteiger partial charge < -0.3 is 20.4 Å². The van der Waals surface area contributed by atoms with E-state index in [1.54, 1.807) is 19.1 Å². The van der Waals surface area contributed by atoms with Gasteiger partial charge >= 0.3 is 11.9 Å². The normalized spacial score (nSPS) is 8.60. The third kappa shape index (κ3) is 4.51. The molecule has 0 radical (unpaired) electrons. The summed E-state index contributed by atoms with van der Waals surface area (Å²) in [6, 6.07) is 4.86. The predicted octanol–water partition coefficient (Wildman–Crippen LogP) is 0.562. The van der Waals surface area contributed by atoms with Crippen LogP contribution in [0.15, 0.2) is 18.2 Å². The third-order valence-electron chi connectivity index (χ3n) is 1.40. The summed E-state index contributed by atoms with van der Waals surface area (Å²) in [5.41, 5.74) is 0.690. The van der Waals surface area contributed by atoms with Crippen molar-refractivity contribution in [2.24, 2.45) is 0 Å². The highest BCUT2D eigenvalue weighted by molar-refractivity contribution is 6.27. The summed E-state index contributed by atoms with van der Waals surface area (Å²) in [6.07, 6.45) is 0. The lowest BCUT2D eigenvalue weighted by Gasteiger charge is -1.97. The van der Waals surface area contributed by atoms with Crippen LogP contribution in [0.4, 0.5) is 0 Å². The van der Waals surface area contributed by atoms with Crippen LogP contribution in [0.5, 0.6) is 11.5 Å². The molecule has 1 rings (SSSR count). The molecule has 82 valence electrons. The minimum Gasteiger partial charge on any atom is -0.504 e. The molecule has 15 heavy (non-hydrogen) atoms. The molecular formula is C9H10O6. The van der Waals surface area contributed by atoms with Gasteiger partial charge in [0.1, 0.15) is 0 Å². The first-order valence-electron chi connectivity index (χ1n) is 3.80. The van der Waals surface area contributed by atoms with Crippen LogP contribution in [0.3, 0.4) is 0 Å². The number of para-hydroxylation sites is 1. The van der Waals surface area contributed by atoms with Gasteiger partial charge in [0.25, 0.3) is 0 Å². The molecule has 0 saturated carbocycles. The van der Waals surface area contributed by atoms with Gasteiger partial charge in [0.05, 0.1) is 0 Å². The summed E-state index contributed by atoms with van der Waals surface area (Å²) in [6.45, 7) is 1.73. The fourth-order valence-corrected chi connectivity index (χ4v) is 0.643. The summed E-state index contributed by atoms with van der Waals surface area (Å²) in [5.74, 6) is -3.74. The summed E-state index contributed by atoms with van der Waals surface area (Å²) in [4.78, 5) is 18.2. The van der Waals surface area contributed by atoms with Gasteiger partial charge in [-0.3, -0.25) is 0 Å². The Hall–Kier alpha value is -2.24. The molecular weight excluding hydrogens is 204 g/mol. The van der Waals surface area contributed by atoms with Crippen LogP contribution in [0.2, 0.25) is 0 Å². The highest BCUT2D eigenvalue weighted by Crippen LogP contribution is 2.26. The number of phenolic OH excluding ortho intramolecular Hbond substituents is 2. The van der Waals surface area contributed by atoms with Gasteiger partial charge in [0, 0.05) is 0 Å². The average Bonchev–Trinajstić information content (AvgIpc) is 2.15. The van der Waals surface area contributed by atoms with Gasteiger partial charge in [-0.25, -0.2) is 9.59 Å². The Labute approximate surface area is 85.0 Å². The van der Waals surface area contributed by atoms with Crippen LogP contribution < -0.4 is 0 Å². The molecule has 0 heterocycles. The fraction of sp³-hybridized carbons (Fsp3) is 0.111. The molecule has 6 heteroatoms. The molecule has 0 bridgehead atoms. The van der Waals surface area contributed by atoms with E-state index in [0.29, 0.717) is 5.56 Å². The smallest absolute Gasteiger partial charge is 0.414 e. The minimum absolute atomic E-state index is 0.0301. The van der Waals surface area contributed by atoms with E-state index in [1.807, 2.05) is 0 Å². The van der Waals surface area contributed by atoms with E-state index in [0.717, 1.165) is 0 Å². The number of carbonyl (C=O) groups is 2. The topological polar surface area (TPSA) is 115 Å². The number of aliphatic carboxylic acids is 2. The fourth-order valence-electron chi connectivity index (χ4n) is 0.643. The van der Waals surface area contributed by atoms with Crippen LogP contribution in [0.1, 0.15) is 5.56 Å². The molecule has 0 aromatic heterocycles. The Kier molecular flexibility index (Phi) is 4.66. The van der Waals surface area contributed by atoms with Crippen LogP contribution in [-0.4, -0.2) is 32.4 Å². The highest BCUT2D eigenvalue weighted by Gasteiger charge is 2.04. The first kappa shape index (κ1) is 12.8. The van der Waals surface area contributed by atoms with Crippen molar-refractivity contribution in [3.63, 3.8) is 0 Å². The zero-order valence-electron chi connectivity index (χ0n) is 7.84. The van der Waals surface area contributed by atoms with Crippen LogP contribution in [-0.2, 0) is 9.59 Å². The van der Waals surface area contributed by atoms with Gasteiger partial charge in [-0.2, -0.15) is 0 Å². The molecule has 1 aromatic rings. The molecule has 0 unspecified atom stereocenters. The monoisotopic (exact) mass is 214 g/mol. The van der Waals surface area contributed by atoms with E-state index in [9.17, 15) is 0 Å². The second-order valence-electron chi connectivity index (χ2n) is 2.55. The number of hydrogen-bond acceptors (Lipinski definition) is 4.